The topological polar surface area (TPSA) is 3.24 Å². The Morgan fingerprint density at radius 1 is 0.339 bits per heavy atom. The number of hydrogen-bond acceptors (Lipinski definition) is 1. The van der Waals surface area contributed by atoms with Gasteiger partial charge >= 0.3 is 0 Å². The normalized spacial score (nSPS) is 13.0. The Balaban J connectivity index is 1.12. The first kappa shape index (κ1) is 32.5. The second-order valence-electron chi connectivity index (χ2n) is 15.7. The minimum absolute atomic E-state index is 0.108. The van der Waals surface area contributed by atoms with Gasteiger partial charge in [0.05, 0.1) is 5.69 Å². The van der Waals surface area contributed by atoms with Crippen molar-refractivity contribution in [1.29, 1.82) is 0 Å². The number of fused-ring (bicyclic) bond motifs is 9. The maximum absolute atomic E-state index is 2.47. The molecule has 0 aromatic heterocycles. The van der Waals surface area contributed by atoms with Crippen LogP contribution in [0.3, 0.4) is 0 Å². The Labute approximate surface area is 327 Å². The van der Waals surface area contributed by atoms with E-state index < -0.39 is 0 Å². The molecule has 0 aliphatic heterocycles. The number of anilines is 3. The molecule has 56 heavy (non-hydrogen) atoms. The van der Waals surface area contributed by atoms with Gasteiger partial charge in [-0.2, -0.15) is 0 Å². The van der Waals surface area contributed by atoms with E-state index in [0.717, 1.165) is 11.4 Å². The van der Waals surface area contributed by atoms with Crippen LogP contribution >= 0.6 is 0 Å². The highest BCUT2D eigenvalue weighted by atomic mass is 15.1. The second kappa shape index (κ2) is 12.5. The maximum Gasteiger partial charge on any atom is 0.0543 e. The van der Waals surface area contributed by atoms with Gasteiger partial charge in [-0.15, -0.1) is 0 Å². The smallest absolute Gasteiger partial charge is 0.0543 e. The van der Waals surface area contributed by atoms with E-state index in [1.165, 1.54) is 93.3 Å². The Morgan fingerprint density at radius 3 is 1.79 bits per heavy atom. The van der Waals surface area contributed by atoms with E-state index in [4.69, 9.17) is 0 Å². The van der Waals surface area contributed by atoms with Crippen LogP contribution in [0.5, 0.6) is 0 Å². The molecule has 0 heterocycles. The first-order valence-electron chi connectivity index (χ1n) is 19.6. The number of rotatable bonds is 5. The first-order valence-corrected chi connectivity index (χ1v) is 19.6. The van der Waals surface area contributed by atoms with Crippen molar-refractivity contribution in [3.8, 4) is 33.4 Å². The van der Waals surface area contributed by atoms with E-state index in [-0.39, 0.29) is 5.41 Å². The van der Waals surface area contributed by atoms with E-state index in [0.29, 0.717) is 0 Å². The maximum atomic E-state index is 2.47. The Hall–Kier alpha value is -6.96. The van der Waals surface area contributed by atoms with Gasteiger partial charge in [0.2, 0.25) is 0 Å². The number of benzene rings is 10. The van der Waals surface area contributed by atoms with Crippen LogP contribution in [0.25, 0.3) is 76.5 Å². The fraction of sp³-hybridized carbons (Fsp3) is 0.0545. The van der Waals surface area contributed by atoms with Crippen molar-refractivity contribution in [1.82, 2.24) is 0 Å². The minimum Gasteiger partial charge on any atom is -0.310 e. The highest BCUT2D eigenvalue weighted by molar-refractivity contribution is 6.21. The van der Waals surface area contributed by atoms with E-state index in [2.05, 4.69) is 219 Å². The van der Waals surface area contributed by atoms with Crippen molar-refractivity contribution in [3.05, 3.63) is 211 Å². The molecule has 1 nitrogen and oxygen atoms in total. The molecule has 1 aliphatic carbocycles. The van der Waals surface area contributed by atoms with Gasteiger partial charge < -0.3 is 4.90 Å². The fourth-order valence-electron chi connectivity index (χ4n) is 9.53. The highest BCUT2D eigenvalue weighted by Crippen LogP contribution is 2.54. The van der Waals surface area contributed by atoms with Gasteiger partial charge in [-0.05, 0) is 118 Å². The Kier molecular flexibility index (Phi) is 7.28. The van der Waals surface area contributed by atoms with Crippen LogP contribution in [0.1, 0.15) is 25.0 Å². The molecule has 0 radical (unpaired) electrons. The lowest BCUT2D eigenvalue weighted by Crippen LogP contribution is -2.16. The van der Waals surface area contributed by atoms with Crippen LogP contribution < -0.4 is 4.90 Å². The fourth-order valence-corrected chi connectivity index (χ4v) is 9.53. The minimum atomic E-state index is -0.108. The average molecular weight is 714 g/mol. The molecule has 0 N–H and O–H groups in total. The summed E-state index contributed by atoms with van der Waals surface area (Å²) in [5, 5.41) is 10.2. The second-order valence-corrected chi connectivity index (χ2v) is 15.7. The highest BCUT2D eigenvalue weighted by Gasteiger charge is 2.37. The Morgan fingerprint density at radius 2 is 0.946 bits per heavy atom. The van der Waals surface area contributed by atoms with Crippen LogP contribution in [0.15, 0.2) is 200 Å². The SMILES string of the molecule is CC1(C)c2ccccc2-c2c(N(c3ccc(-c4cc5c6ccccc6ccc5c5ccccc45)cc3)c3cccc(-c4cccc5ccccc45)c3)cccc21. The van der Waals surface area contributed by atoms with Crippen molar-refractivity contribution in [2.75, 3.05) is 4.90 Å². The van der Waals surface area contributed by atoms with Gasteiger partial charge in [0.25, 0.3) is 0 Å². The largest absolute Gasteiger partial charge is 0.310 e. The molecule has 1 aliphatic rings. The predicted molar refractivity (Wildman–Crippen MR) is 240 cm³/mol. The van der Waals surface area contributed by atoms with Crippen LogP contribution in [0, 0.1) is 0 Å². The molecule has 11 rings (SSSR count). The summed E-state index contributed by atoms with van der Waals surface area (Å²) < 4.78 is 0. The van der Waals surface area contributed by atoms with Crippen molar-refractivity contribution < 1.29 is 0 Å². The summed E-state index contributed by atoms with van der Waals surface area (Å²) in [6.07, 6.45) is 0. The zero-order valence-electron chi connectivity index (χ0n) is 31.5. The molecule has 0 saturated carbocycles. The molecular formula is C55H39N. The summed E-state index contributed by atoms with van der Waals surface area (Å²) in [6, 6.07) is 74.0. The standard InChI is InChI=1S/C55H39N/c1-55(2)51-25-10-9-23-48(51)54-52(55)26-13-27-53(54)56(41-18-11-17-39(34-41)44-24-12-16-36-14-3-5-19-42(36)44)40-31-28-38(29-32-40)49-35-50-43-20-6-4-15-37(43)30-33-47(50)45-21-7-8-22-46(45)49/h3-35H,1-2H3. The molecule has 0 amide bonds. The molecule has 10 aromatic rings. The van der Waals surface area contributed by atoms with Gasteiger partial charge in [-0.3, -0.25) is 0 Å². The van der Waals surface area contributed by atoms with Crippen LogP contribution in [0.2, 0.25) is 0 Å². The zero-order chi connectivity index (χ0) is 37.4. The summed E-state index contributed by atoms with van der Waals surface area (Å²) in [5.41, 5.74) is 13.6. The third-order valence-electron chi connectivity index (χ3n) is 12.2. The number of nitrogens with zero attached hydrogens (tertiary/aromatic N) is 1. The first-order chi connectivity index (χ1) is 27.5. The van der Waals surface area contributed by atoms with Crippen LogP contribution in [-0.4, -0.2) is 0 Å². The van der Waals surface area contributed by atoms with Gasteiger partial charge in [0.15, 0.2) is 0 Å². The lowest BCUT2D eigenvalue weighted by Gasteiger charge is -2.29. The number of hydrogen-bond donors (Lipinski definition) is 0. The van der Waals surface area contributed by atoms with Crippen molar-refractivity contribution in [2.45, 2.75) is 19.3 Å². The van der Waals surface area contributed by atoms with Gasteiger partial charge in [-0.1, -0.05) is 178 Å². The van der Waals surface area contributed by atoms with Gasteiger partial charge in [0, 0.05) is 22.4 Å². The third kappa shape index (κ3) is 4.94. The van der Waals surface area contributed by atoms with Crippen LogP contribution in [-0.2, 0) is 5.41 Å². The van der Waals surface area contributed by atoms with Crippen LogP contribution in [0.4, 0.5) is 17.1 Å². The van der Waals surface area contributed by atoms with E-state index in [9.17, 15) is 0 Å². The van der Waals surface area contributed by atoms with Gasteiger partial charge in [-0.25, -0.2) is 0 Å². The summed E-state index contributed by atoms with van der Waals surface area (Å²) >= 11 is 0. The van der Waals surface area contributed by atoms with E-state index >= 15 is 0 Å². The summed E-state index contributed by atoms with van der Waals surface area (Å²) in [6.45, 7) is 4.72. The van der Waals surface area contributed by atoms with Crippen molar-refractivity contribution >= 4 is 60.2 Å². The molecule has 264 valence electrons. The zero-order valence-corrected chi connectivity index (χ0v) is 31.5. The lowest BCUT2D eigenvalue weighted by atomic mass is 9.82. The average Bonchev–Trinajstić information content (AvgIpc) is 3.50. The lowest BCUT2D eigenvalue weighted by molar-refractivity contribution is 0.660. The summed E-state index contributed by atoms with van der Waals surface area (Å²) in [4.78, 5) is 2.47. The molecule has 0 atom stereocenters. The molecular weight excluding hydrogens is 675 g/mol. The summed E-state index contributed by atoms with van der Waals surface area (Å²) in [5.74, 6) is 0. The molecule has 0 saturated heterocycles. The molecule has 0 fully saturated rings. The predicted octanol–water partition coefficient (Wildman–Crippen LogP) is 15.4. The molecule has 0 unspecified atom stereocenters. The molecule has 10 aromatic carbocycles. The van der Waals surface area contributed by atoms with E-state index in [1.807, 2.05) is 0 Å². The quantitative estimate of drug-likeness (QED) is 0.161. The molecule has 0 spiro atoms. The molecule has 1 heteroatoms. The van der Waals surface area contributed by atoms with Gasteiger partial charge in [0.1, 0.15) is 0 Å². The summed E-state index contributed by atoms with van der Waals surface area (Å²) in [7, 11) is 0. The van der Waals surface area contributed by atoms with Crippen molar-refractivity contribution in [2.24, 2.45) is 0 Å². The Bertz CT molecular complexity index is 3160. The molecule has 0 bridgehead atoms. The van der Waals surface area contributed by atoms with Crippen molar-refractivity contribution in [3.63, 3.8) is 0 Å². The third-order valence-corrected chi connectivity index (χ3v) is 12.2. The monoisotopic (exact) mass is 713 g/mol. The van der Waals surface area contributed by atoms with E-state index in [1.54, 1.807) is 0 Å².